The highest BCUT2D eigenvalue weighted by atomic mass is 35.5. The minimum Gasteiger partial charge on any atom is -0.431 e. The number of thioether (sulfide) groups is 1. The van der Waals surface area contributed by atoms with Gasteiger partial charge in [-0.1, -0.05) is 47.1 Å². The molecule has 0 atom stereocenters. The summed E-state index contributed by atoms with van der Waals surface area (Å²) in [6, 6.07) is 14.3. The van der Waals surface area contributed by atoms with E-state index in [0.29, 0.717) is 26.7 Å². The van der Waals surface area contributed by atoms with Crippen molar-refractivity contribution < 1.29 is 9.21 Å². The van der Waals surface area contributed by atoms with Gasteiger partial charge in [-0.3, -0.25) is 4.79 Å². The number of para-hydroxylation sites is 1. The van der Waals surface area contributed by atoms with Crippen LogP contribution in [0.15, 0.2) is 64.4 Å². The molecule has 0 spiro atoms. The van der Waals surface area contributed by atoms with Crippen LogP contribution in [0.5, 0.6) is 0 Å². The van der Waals surface area contributed by atoms with Gasteiger partial charge in [-0.2, -0.15) is 0 Å². The van der Waals surface area contributed by atoms with Crippen LogP contribution in [0.1, 0.15) is 0 Å². The van der Waals surface area contributed by atoms with Crippen molar-refractivity contribution in [2.24, 2.45) is 0 Å². The predicted molar refractivity (Wildman–Crippen MR) is 97.8 cm³/mol. The number of rotatable bonds is 5. The molecule has 0 radical (unpaired) electrons. The molecule has 0 saturated heterocycles. The van der Waals surface area contributed by atoms with E-state index in [4.69, 9.17) is 27.6 Å². The van der Waals surface area contributed by atoms with Gasteiger partial charge in [0.25, 0.3) is 5.22 Å². The standard InChI is InChI=1S/C17H12Cl2N2O2S/c18-12-7-5-11(6-8-12)15-9-20-17(23-15)24-10-16(22)21-14-4-2-1-3-13(14)19/h1-9H,10H2,(H,21,22). The molecule has 0 saturated carbocycles. The molecule has 3 aromatic rings. The molecule has 1 amide bonds. The van der Waals surface area contributed by atoms with E-state index < -0.39 is 0 Å². The number of halogens is 2. The molecule has 7 heteroatoms. The zero-order valence-corrected chi connectivity index (χ0v) is 14.7. The first-order valence-electron chi connectivity index (χ1n) is 7.01. The molecule has 0 aliphatic carbocycles. The molecular formula is C17H12Cl2N2O2S. The summed E-state index contributed by atoms with van der Waals surface area (Å²) in [5.41, 5.74) is 1.46. The zero-order valence-electron chi connectivity index (χ0n) is 12.3. The highest BCUT2D eigenvalue weighted by Crippen LogP contribution is 2.27. The molecule has 0 aliphatic rings. The SMILES string of the molecule is O=C(CSc1ncc(-c2ccc(Cl)cc2)o1)Nc1ccccc1Cl. The topological polar surface area (TPSA) is 55.1 Å². The number of carbonyl (C=O) groups is 1. The Balaban J connectivity index is 1.58. The second-order valence-electron chi connectivity index (χ2n) is 4.81. The van der Waals surface area contributed by atoms with Crippen LogP contribution in [0.4, 0.5) is 5.69 Å². The van der Waals surface area contributed by atoms with Crippen molar-refractivity contribution in [3.63, 3.8) is 0 Å². The van der Waals surface area contributed by atoms with Crippen molar-refractivity contribution in [2.45, 2.75) is 5.22 Å². The quantitative estimate of drug-likeness (QED) is 0.605. The maximum atomic E-state index is 12.0. The fourth-order valence-electron chi connectivity index (χ4n) is 1.95. The van der Waals surface area contributed by atoms with Crippen LogP contribution in [-0.4, -0.2) is 16.6 Å². The molecule has 0 bridgehead atoms. The Morgan fingerprint density at radius 3 is 2.62 bits per heavy atom. The van der Waals surface area contributed by atoms with Crippen LogP contribution >= 0.6 is 35.0 Å². The summed E-state index contributed by atoms with van der Waals surface area (Å²) < 4.78 is 5.64. The van der Waals surface area contributed by atoms with Crippen LogP contribution in [0.25, 0.3) is 11.3 Å². The van der Waals surface area contributed by atoms with E-state index in [-0.39, 0.29) is 11.7 Å². The van der Waals surface area contributed by atoms with Crippen molar-refractivity contribution in [1.29, 1.82) is 0 Å². The lowest BCUT2D eigenvalue weighted by atomic mass is 10.2. The van der Waals surface area contributed by atoms with E-state index in [1.165, 1.54) is 11.8 Å². The first-order chi connectivity index (χ1) is 11.6. The Kier molecular flexibility index (Phi) is 5.45. The van der Waals surface area contributed by atoms with Gasteiger partial charge < -0.3 is 9.73 Å². The molecule has 1 aromatic heterocycles. The van der Waals surface area contributed by atoms with Gasteiger partial charge in [-0.15, -0.1) is 0 Å². The maximum absolute atomic E-state index is 12.0. The monoisotopic (exact) mass is 378 g/mol. The number of aromatic nitrogens is 1. The van der Waals surface area contributed by atoms with Crippen LogP contribution in [-0.2, 0) is 4.79 Å². The van der Waals surface area contributed by atoms with Crippen molar-refractivity contribution in [2.75, 3.05) is 11.1 Å². The number of benzene rings is 2. The van der Waals surface area contributed by atoms with Gasteiger partial charge in [0.05, 0.1) is 22.7 Å². The van der Waals surface area contributed by atoms with Gasteiger partial charge in [-0.05, 0) is 36.4 Å². The fraction of sp³-hybridized carbons (Fsp3) is 0.0588. The summed E-state index contributed by atoms with van der Waals surface area (Å²) in [5, 5.41) is 4.33. The van der Waals surface area contributed by atoms with Crippen LogP contribution in [0, 0.1) is 0 Å². The summed E-state index contributed by atoms with van der Waals surface area (Å²) in [4.78, 5) is 16.1. The normalized spacial score (nSPS) is 10.6. The van der Waals surface area contributed by atoms with E-state index in [2.05, 4.69) is 10.3 Å². The predicted octanol–water partition coefficient (Wildman–Crippen LogP) is 5.38. The minimum atomic E-state index is -0.181. The molecule has 1 heterocycles. The summed E-state index contributed by atoms with van der Waals surface area (Å²) in [7, 11) is 0. The summed E-state index contributed by atoms with van der Waals surface area (Å²) in [5.74, 6) is 0.617. The second-order valence-corrected chi connectivity index (χ2v) is 6.58. The van der Waals surface area contributed by atoms with E-state index in [1.54, 1.807) is 42.6 Å². The third kappa shape index (κ3) is 4.32. The highest BCUT2D eigenvalue weighted by molar-refractivity contribution is 7.99. The number of carbonyl (C=O) groups excluding carboxylic acids is 1. The third-order valence-corrected chi connectivity index (χ3v) is 4.51. The molecule has 3 rings (SSSR count). The van der Waals surface area contributed by atoms with Gasteiger partial charge >= 0.3 is 0 Å². The number of amides is 1. The van der Waals surface area contributed by atoms with E-state index in [1.807, 2.05) is 12.1 Å². The molecule has 0 fully saturated rings. The fourth-order valence-corrected chi connectivity index (χ4v) is 2.86. The van der Waals surface area contributed by atoms with Crippen LogP contribution < -0.4 is 5.32 Å². The van der Waals surface area contributed by atoms with Gasteiger partial charge in [-0.25, -0.2) is 4.98 Å². The van der Waals surface area contributed by atoms with Crippen molar-refractivity contribution >= 4 is 46.6 Å². The average molecular weight is 379 g/mol. The van der Waals surface area contributed by atoms with Crippen molar-refractivity contribution in [3.8, 4) is 11.3 Å². The number of hydrogen-bond donors (Lipinski definition) is 1. The van der Waals surface area contributed by atoms with Crippen molar-refractivity contribution in [3.05, 3.63) is 64.8 Å². The lowest BCUT2D eigenvalue weighted by molar-refractivity contribution is -0.113. The van der Waals surface area contributed by atoms with E-state index in [0.717, 1.165) is 5.56 Å². The smallest absolute Gasteiger partial charge is 0.256 e. The number of nitrogens with one attached hydrogen (secondary N) is 1. The van der Waals surface area contributed by atoms with Crippen LogP contribution in [0.2, 0.25) is 10.0 Å². The first-order valence-corrected chi connectivity index (χ1v) is 8.75. The Morgan fingerprint density at radius 1 is 1.12 bits per heavy atom. The summed E-state index contributed by atoms with van der Waals surface area (Å²) in [6.07, 6.45) is 1.62. The maximum Gasteiger partial charge on any atom is 0.256 e. The Bertz CT molecular complexity index is 850. The highest BCUT2D eigenvalue weighted by Gasteiger charge is 2.11. The molecule has 4 nitrogen and oxygen atoms in total. The molecule has 1 N–H and O–H groups in total. The number of oxazole rings is 1. The van der Waals surface area contributed by atoms with Gasteiger partial charge in [0.1, 0.15) is 0 Å². The third-order valence-electron chi connectivity index (χ3n) is 3.09. The zero-order chi connectivity index (χ0) is 16.9. The molecular weight excluding hydrogens is 367 g/mol. The van der Waals surface area contributed by atoms with Crippen LogP contribution in [0.3, 0.4) is 0 Å². The minimum absolute atomic E-state index is 0.172. The number of nitrogens with zero attached hydrogens (tertiary/aromatic N) is 1. The Morgan fingerprint density at radius 2 is 1.88 bits per heavy atom. The van der Waals surface area contributed by atoms with Gasteiger partial charge in [0.2, 0.25) is 5.91 Å². The number of hydrogen-bond acceptors (Lipinski definition) is 4. The lowest BCUT2D eigenvalue weighted by Gasteiger charge is -2.05. The number of anilines is 1. The van der Waals surface area contributed by atoms with E-state index >= 15 is 0 Å². The molecule has 0 aliphatic heterocycles. The van der Waals surface area contributed by atoms with Crippen molar-refractivity contribution in [1.82, 2.24) is 4.98 Å². The molecule has 122 valence electrons. The van der Waals surface area contributed by atoms with E-state index in [9.17, 15) is 4.79 Å². The summed E-state index contributed by atoms with van der Waals surface area (Å²) >= 11 is 13.1. The first kappa shape index (κ1) is 16.9. The summed E-state index contributed by atoms with van der Waals surface area (Å²) in [6.45, 7) is 0. The van der Waals surface area contributed by atoms with Gasteiger partial charge in [0, 0.05) is 10.6 Å². The lowest BCUT2D eigenvalue weighted by Crippen LogP contribution is -2.14. The van der Waals surface area contributed by atoms with Gasteiger partial charge in [0.15, 0.2) is 5.76 Å². The largest absolute Gasteiger partial charge is 0.431 e. The molecule has 24 heavy (non-hydrogen) atoms. The Hall–Kier alpha value is -1.95. The molecule has 0 unspecified atom stereocenters. The Labute approximate surface area is 153 Å². The second kappa shape index (κ2) is 7.75. The molecule has 2 aromatic carbocycles. The average Bonchev–Trinajstić information content (AvgIpc) is 3.05.